The van der Waals surface area contributed by atoms with Crippen LogP contribution in [-0.2, 0) is 10.4 Å². The van der Waals surface area contributed by atoms with Crippen LogP contribution in [0.1, 0.15) is 18.9 Å². The Labute approximate surface area is 112 Å². The van der Waals surface area contributed by atoms with Crippen LogP contribution in [0, 0.1) is 11.6 Å². The van der Waals surface area contributed by atoms with Crippen LogP contribution in [0.25, 0.3) is 0 Å². The second-order valence-electron chi connectivity index (χ2n) is 4.89. The van der Waals surface area contributed by atoms with E-state index in [0.29, 0.717) is 25.3 Å². The first-order valence-electron chi connectivity index (χ1n) is 6.59. The summed E-state index contributed by atoms with van der Waals surface area (Å²) >= 11 is 0. The molecule has 1 heterocycles. The molecule has 1 aliphatic heterocycles. The van der Waals surface area contributed by atoms with Crippen molar-refractivity contribution in [2.24, 2.45) is 0 Å². The molecule has 0 spiro atoms. The Morgan fingerprint density at radius 1 is 1.42 bits per heavy atom. The summed E-state index contributed by atoms with van der Waals surface area (Å²) in [5, 5.41) is 3.35. The highest BCUT2D eigenvalue weighted by atomic mass is 19.1. The van der Waals surface area contributed by atoms with Gasteiger partial charge in [-0.3, -0.25) is 10.2 Å². The molecule has 0 saturated carbocycles. The van der Waals surface area contributed by atoms with Crippen molar-refractivity contribution in [2.45, 2.75) is 19.0 Å². The molecule has 1 aromatic carbocycles. The van der Waals surface area contributed by atoms with Crippen LogP contribution in [0.4, 0.5) is 8.78 Å². The Morgan fingerprint density at radius 3 is 2.84 bits per heavy atom. The van der Waals surface area contributed by atoms with E-state index in [4.69, 9.17) is 4.74 Å². The van der Waals surface area contributed by atoms with E-state index < -0.39 is 17.3 Å². The maximum absolute atomic E-state index is 14.1. The molecule has 1 N–H and O–H groups in total. The number of likely N-dealkylation sites (N-methyl/N-ethyl adjacent to an activating group) is 1. The third kappa shape index (κ3) is 2.78. The van der Waals surface area contributed by atoms with Crippen LogP contribution in [0.2, 0.25) is 0 Å². The summed E-state index contributed by atoms with van der Waals surface area (Å²) in [7, 11) is 1.92. The number of morpholine rings is 1. The number of hydrogen-bond acceptors (Lipinski definition) is 3. The van der Waals surface area contributed by atoms with Gasteiger partial charge in [-0.15, -0.1) is 0 Å². The first kappa shape index (κ1) is 14.4. The molecule has 0 radical (unpaired) electrons. The van der Waals surface area contributed by atoms with Gasteiger partial charge in [0.2, 0.25) is 0 Å². The van der Waals surface area contributed by atoms with E-state index in [1.54, 1.807) is 0 Å². The molecule has 1 atom stereocenters. The summed E-state index contributed by atoms with van der Waals surface area (Å²) in [4.78, 5) is 2.03. The molecule has 19 heavy (non-hydrogen) atoms. The van der Waals surface area contributed by atoms with E-state index in [-0.39, 0.29) is 0 Å². The second-order valence-corrected chi connectivity index (χ2v) is 4.89. The van der Waals surface area contributed by atoms with Gasteiger partial charge in [0.15, 0.2) is 0 Å². The highest BCUT2D eigenvalue weighted by molar-refractivity contribution is 5.27. The monoisotopic (exact) mass is 270 g/mol. The van der Waals surface area contributed by atoms with Crippen molar-refractivity contribution >= 4 is 0 Å². The topological polar surface area (TPSA) is 24.5 Å². The van der Waals surface area contributed by atoms with E-state index in [9.17, 15) is 8.78 Å². The fourth-order valence-corrected chi connectivity index (χ4v) is 2.44. The standard InChI is InChI=1S/C14H20F2N2O/c1-3-6-17-14(10-19-8-7-18(14)2)12-5-4-11(15)9-13(12)16/h4-5,9,17H,3,6-8,10H2,1-2H3. The molecule has 1 aromatic rings. The Bertz CT molecular complexity index is 441. The fraction of sp³-hybridized carbons (Fsp3) is 0.571. The van der Waals surface area contributed by atoms with E-state index in [1.807, 2.05) is 18.9 Å². The minimum absolute atomic E-state index is 0.353. The lowest BCUT2D eigenvalue weighted by atomic mass is 9.96. The Morgan fingerprint density at radius 2 is 2.21 bits per heavy atom. The zero-order valence-electron chi connectivity index (χ0n) is 11.4. The lowest BCUT2D eigenvalue weighted by molar-refractivity contribution is -0.0796. The molecule has 1 unspecified atom stereocenters. The molecule has 1 saturated heterocycles. The number of hydrogen-bond donors (Lipinski definition) is 1. The molecule has 2 rings (SSSR count). The minimum atomic E-state index is -0.716. The quantitative estimate of drug-likeness (QED) is 0.906. The van der Waals surface area contributed by atoms with Gasteiger partial charge in [0, 0.05) is 18.2 Å². The molecule has 106 valence electrons. The Balaban J connectivity index is 2.40. The van der Waals surface area contributed by atoms with Gasteiger partial charge in [-0.05, 0) is 32.1 Å². The Hall–Kier alpha value is -1.04. The van der Waals surface area contributed by atoms with Gasteiger partial charge in [0.25, 0.3) is 0 Å². The van der Waals surface area contributed by atoms with Crippen molar-refractivity contribution < 1.29 is 13.5 Å². The van der Waals surface area contributed by atoms with Gasteiger partial charge in [-0.2, -0.15) is 0 Å². The maximum Gasteiger partial charge on any atom is 0.132 e. The van der Waals surface area contributed by atoms with E-state index >= 15 is 0 Å². The van der Waals surface area contributed by atoms with Crippen molar-refractivity contribution in [1.29, 1.82) is 0 Å². The van der Waals surface area contributed by atoms with E-state index in [2.05, 4.69) is 5.32 Å². The number of benzene rings is 1. The second kappa shape index (κ2) is 5.94. The van der Waals surface area contributed by atoms with Crippen molar-refractivity contribution in [1.82, 2.24) is 10.2 Å². The first-order chi connectivity index (χ1) is 9.10. The Kier molecular flexibility index (Phi) is 4.50. The lowest BCUT2D eigenvalue weighted by Crippen LogP contribution is -2.61. The average Bonchev–Trinajstić information content (AvgIpc) is 2.38. The highest BCUT2D eigenvalue weighted by Gasteiger charge is 2.40. The number of ether oxygens (including phenoxy) is 1. The van der Waals surface area contributed by atoms with Gasteiger partial charge in [0.1, 0.15) is 17.3 Å². The predicted molar refractivity (Wildman–Crippen MR) is 69.8 cm³/mol. The van der Waals surface area contributed by atoms with Crippen LogP contribution >= 0.6 is 0 Å². The molecule has 1 aliphatic rings. The maximum atomic E-state index is 14.1. The molecule has 1 fully saturated rings. The first-order valence-corrected chi connectivity index (χ1v) is 6.59. The third-order valence-electron chi connectivity index (χ3n) is 3.58. The van der Waals surface area contributed by atoms with Gasteiger partial charge in [0.05, 0.1) is 13.2 Å². The number of nitrogens with zero attached hydrogens (tertiary/aromatic N) is 1. The number of rotatable bonds is 4. The van der Waals surface area contributed by atoms with Crippen LogP contribution in [0.5, 0.6) is 0 Å². The van der Waals surface area contributed by atoms with Crippen molar-refractivity contribution in [3.05, 3.63) is 35.4 Å². The van der Waals surface area contributed by atoms with Gasteiger partial charge >= 0.3 is 0 Å². The highest BCUT2D eigenvalue weighted by Crippen LogP contribution is 2.30. The summed E-state index contributed by atoms with van der Waals surface area (Å²) < 4.78 is 32.7. The normalized spacial score (nSPS) is 24.6. The van der Waals surface area contributed by atoms with E-state index in [0.717, 1.165) is 19.0 Å². The fourth-order valence-electron chi connectivity index (χ4n) is 2.44. The summed E-state index contributed by atoms with van der Waals surface area (Å²) in [5.74, 6) is -1.10. The average molecular weight is 270 g/mol. The zero-order valence-corrected chi connectivity index (χ0v) is 11.4. The molecular weight excluding hydrogens is 250 g/mol. The van der Waals surface area contributed by atoms with Crippen LogP contribution in [-0.4, -0.2) is 38.3 Å². The van der Waals surface area contributed by atoms with Crippen molar-refractivity contribution in [2.75, 3.05) is 33.4 Å². The van der Waals surface area contributed by atoms with Gasteiger partial charge in [-0.25, -0.2) is 8.78 Å². The summed E-state index contributed by atoms with van der Waals surface area (Å²) in [6.07, 6.45) is 0.929. The molecule has 0 aliphatic carbocycles. The third-order valence-corrected chi connectivity index (χ3v) is 3.58. The SMILES string of the molecule is CCCNC1(c2ccc(F)cc2F)COCCN1C. The van der Waals surface area contributed by atoms with Gasteiger partial charge in [-0.1, -0.05) is 6.92 Å². The number of halogens is 2. The minimum Gasteiger partial charge on any atom is -0.376 e. The summed E-state index contributed by atoms with van der Waals surface area (Å²) in [5.41, 5.74) is -0.281. The molecular formula is C14H20F2N2O. The van der Waals surface area contributed by atoms with Crippen LogP contribution in [0.15, 0.2) is 18.2 Å². The lowest BCUT2D eigenvalue weighted by Gasteiger charge is -2.46. The van der Waals surface area contributed by atoms with Crippen molar-refractivity contribution in [3.63, 3.8) is 0 Å². The molecule has 0 amide bonds. The molecule has 5 heteroatoms. The van der Waals surface area contributed by atoms with Crippen LogP contribution in [0.3, 0.4) is 0 Å². The van der Waals surface area contributed by atoms with Gasteiger partial charge < -0.3 is 4.74 Å². The molecule has 3 nitrogen and oxygen atoms in total. The van der Waals surface area contributed by atoms with E-state index in [1.165, 1.54) is 12.1 Å². The smallest absolute Gasteiger partial charge is 0.132 e. The zero-order chi connectivity index (χ0) is 13.9. The van der Waals surface area contributed by atoms with Crippen LogP contribution < -0.4 is 5.32 Å². The summed E-state index contributed by atoms with van der Waals surface area (Å²) in [6, 6.07) is 3.71. The summed E-state index contributed by atoms with van der Waals surface area (Å²) in [6.45, 7) is 4.46. The number of nitrogens with one attached hydrogen (secondary N) is 1. The molecule has 0 aromatic heterocycles. The van der Waals surface area contributed by atoms with Crippen molar-refractivity contribution in [3.8, 4) is 0 Å². The molecule has 0 bridgehead atoms. The largest absolute Gasteiger partial charge is 0.376 e. The predicted octanol–water partition coefficient (Wildman–Crippen LogP) is 2.08.